The molecule has 0 spiro atoms. The Kier molecular flexibility index (Phi) is 2.05. The molecular weight excluding hydrogens is 116 g/mol. The quantitative estimate of drug-likeness (QED) is 0.525. The van der Waals surface area contributed by atoms with E-state index in [1.165, 1.54) is 0 Å². The topological polar surface area (TPSA) is 41.1 Å². The largest absolute Gasteiger partial charge is 0.355 e. The Bertz CT molecular complexity index is 110. The summed E-state index contributed by atoms with van der Waals surface area (Å²) in [4.78, 5) is 10.9. The second kappa shape index (κ2) is 2.82. The van der Waals surface area contributed by atoms with Gasteiger partial charge in [-0.3, -0.25) is 4.79 Å². The third-order valence-electron chi connectivity index (χ3n) is 1.49. The predicted octanol–water partition coefficient (Wildman–Crippen LogP) is -0.516. The molecule has 1 aliphatic heterocycles. The van der Waals surface area contributed by atoms with Crippen molar-refractivity contribution in [1.29, 1.82) is 0 Å². The van der Waals surface area contributed by atoms with Crippen molar-refractivity contribution in [1.82, 2.24) is 10.6 Å². The van der Waals surface area contributed by atoms with Crippen molar-refractivity contribution < 1.29 is 4.79 Å². The monoisotopic (exact) mass is 128 g/mol. The second-order valence-corrected chi connectivity index (χ2v) is 2.19. The lowest BCUT2D eigenvalue weighted by atomic mass is 10.1. The summed E-state index contributed by atoms with van der Waals surface area (Å²) in [5, 5.41) is 5.76. The normalized spacial score (nSPS) is 24.8. The molecule has 9 heavy (non-hydrogen) atoms. The van der Waals surface area contributed by atoms with Gasteiger partial charge in [0, 0.05) is 6.54 Å². The van der Waals surface area contributed by atoms with Crippen LogP contribution in [0.1, 0.15) is 13.3 Å². The lowest BCUT2D eigenvalue weighted by Gasteiger charge is -2.25. The zero-order valence-corrected chi connectivity index (χ0v) is 5.61. The van der Waals surface area contributed by atoms with Gasteiger partial charge in [0.15, 0.2) is 0 Å². The van der Waals surface area contributed by atoms with Gasteiger partial charge in [0.1, 0.15) is 0 Å². The minimum Gasteiger partial charge on any atom is -0.355 e. The van der Waals surface area contributed by atoms with Gasteiger partial charge in [-0.2, -0.15) is 0 Å². The van der Waals surface area contributed by atoms with Crippen molar-refractivity contribution in [2.45, 2.75) is 19.4 Å². The zero-order valence-electron chi connectivity index (χ0n) is 5.61. The fraction of sp³-hybridized carbons (Fsp3) is 0.833. The Morgan fingerprint density at radius 1 is 1.89 bits per heavy atom. The smallest absolute Gasteiger partial charge is 0.237 e. The molecule has 0 saturated carbocycles. The van der Waals surface area contributed by atoms with Gasteiger partial charge < -0.3 is 10.6 Å². The molecule has 3 nitrogen and oxygen atoms in total. The van der Waals surface area contributed by atoms with Crippen LogP contribution in [0, 0.1) is 0 Å². The van der Waals surface area contributed by atoms with Crippen LogP contribution in [0.4, 0.5) is 0 Å². The summed E-state index contributed by atoms with van der Waals surface area (Å²) in [7, 11) is 0. The summed E-state index contributed by atoms with van der Waals surface area (Å²) in [6, 6.07) is 0.102. The number of likely N-dealkylation sites (N-methyl/N-ethyl adjacent to an activating group) is 1. The number of rotatable bonds is 2. The van der Waals surface area contributed by atoms with E-state index in [4.69, 9.17) is 0 Å². The first-order valence-corrected chi connectivity index (χ1v) is 3.35. The zero-order chi connectivity index (χ0) is 6.69. The van der Waals surface area contributed by atoms with E-state index >= 15 is 0 Å². The number of carbonyl (C=O) groups excluding carboxylic acids is 1. The fourth-order valence-corrected chi connectivity index (χ4v) is 0.810. The summed E-state index contributed by atoms with van der Waals surface area (Å²) < 4.78 is 0. The number of hydrogen-bond donors (Lipinski definition) is 2. The Morgan fingerprint density at radius 3 is 2.89 bits per heavy atom. The number of hydrogen-bond acceptors (Lipinski definition) is 2. The van der Waals surface area contributed by atoms with Gasteiger partial charge in [-0.1, -0.05) is 0 Å². The average molecular weight is 128 g/mol. The minimum atomic E-state index is 0.102. The highest BCUT2D eigenvalue weighted by Crippen LogP contribution is 2.00. The highest BCUT2D eigenvalue weighted by Gasteiger charge is 2.23. The van der Waals surface area contributed by atoms with Crippen molar-refractivity contribution >= 4 is 5.91 Å². The first-order valence-electron chi connectivity index (χ1n) is 3.35. The Labute approximate surface area is 54.8 Å². The van der Waals surface area contributed by atoms with Crippen molar-refractivity contribution in [3.8, 4) is 0 Å². The van der Waals surface area contributed by atoms with Crippen LogP contribution in [0.3, 0.4) is 0 Å². The molecule has 2 N–H and O–H groups in total. The molecule has 1 heterocycles. The minimum absolute atomic E-state index is 0.102. The van der Waals surface area contributed by atoms with Crippen molar-refractivity contribution in [3.05, 3.63) is 0 Å². The molecule has 52 valence electrons. The van der Waals surface area contributed by atoms with Gasteiger partial charge in [0.25, 0.3) is 0 Å². The number of carbonyl (C=O) groups is 1. The Hall–Kier alpha value is -0.570. The SMILES string of the molecule is CCNC(=O)C1CCN1. The molecule has 1 amide bonds. The molecule has 0 bridgehead atoms. The standard InChI is InChI=1S/C6H12N2O/c1-2-7-6(9)5-3-4-8-5/h5,8H,2-4H2,1H3,(H,7,9). The predicted molar refractivity (Wildman–Crippen MR) is 35.1 cm³/mol. The molecule has 0 aliphatic carbocycles. The summed E-state index contributed by atoms with van der Waals surface area (Å²) in [6.45, 7) is 3.65. The van der Waals surface area contributed by atoms with E-state index in [-0.39, 0.29) is 11.9 Å². The molecule has 0 aromatic rings. The maximum Gasteiger partial charge on any atom is 0.237 e. The average Bonchev–Trinajstić information content (AvgIpc) is 1.60. The number of amides is 1. The number of nitrogens with one attached hydrogen (secondary N) is 2. The van der Waals surface area contributed by atoms with Crippen LogP contribution in [0.5, 0.6) is 0 Å². The van der Waals surface area contributed by atoms with Crippen LogP contribution in [0.15, 0.2) is 0 Å². The molecule has 0 radical (unpaired) electrons. The summed E-state index contributed by atoms with van der Waals surface area (Å²) in [6.07, 6.45) is 0.992. The molecule has 0 aromatic carbocycles. The Morgan fingerprint density at radius 2 is 2.56 bits per heavy atom. The highest BCUT2D eigenvalue weighted by molar-refractivity contribution is 5.82. The van der Waals surface area contributed by atoms with Crippen molar-refractivity contribution in [2.75, 3.05) is 13.1 Å². The maximum absolute atomic E-state index is 10.9. The van der Waals surface area contributed by atoms with Crippen molar-refractivity contribution in [3.63, 3.8) is 0 Å². The molecule has 1 unspecified atom stereocenters. The molecule has 1 rings (SSSR count). The third kappa shape index (κ3) is 1.42. The van der Waals surface area contributed by atoms with Gasteiger partial charge in [-0.05, 0) is 19.9 Å². The lowest BCUT2D eigenvalue weighted by molar-refractivity contribution is -0.124. The van der Waals surface area contributed by atoms with Gasteiger partial charge in [-0.25, -0.2) is 0 Å². The molecule has 0 aromatic heterocycles. The first kappa shape index (κ1) is 6.55. The van der Waals surface area contributed by atoms with E-state index in [9.17, 15) is 4.79 Å². The molecule has 1 aliphatic rings. The van der Waals surface area contributed by atoms with Crippen LogP contribution >= 0.6 is 0 Å². The van der Waals surface area contributed by atoms with Gasteiger partial charge in [-0.15, -0.1) is 0 Å². The van der Waals surface area contributed by atoms with Crippen LogP contribution < -0.4 is 10.6 Å². The summed E-state index contributed by atoms with van der Waals surface area (Å²) >= 11 is 0. The third-order valence-corrected chi connectivity index (χ3v) is 1.49. The maximum atomic E-state index is 10.9. The molecule has 1 saturated heterocycles. The molecular formula is C6H12N2O. The van der Waals surface area contributed by atoms with Crippen LogP contribution in [0.2, 0.25) is 0 Å². The molecule has 3 heteroatoms. The van der Waals surface area contributed by atoms with Gasteiger partial charge in [0.05, 0.1) is 6.04 Å². The molecule has 1 fully saturated rings. The Balaban J connectivity index is 2.16. The highest BCUT2D eigenvalue weighted by atomic mass is 16.2. The van der Waals surface area contributed by atoms with E-state index < -0.39 is 0 Å². The first-order chi connectivity index (χ1) is 4.34. The fourth-order valence-electron chi connectivity index (χ4n) is 0.810. The van der Waals surface area contributed by atoms with E-state index in [0.717, 1.165) is 19.5 Å². The summed E-state index contributed by atoms with van der Waals surface area (Å²) in [5.41, 5.74) is 0. The van der Waals surface area contributed by atoms with E-state index in [2.05, 4.69) is 10.6 Å². The second-order valence-electron chi connectivity index (χ2n) is 2.19. The summed E-state index contributed by atoms with van der Waals surface area (Å²) in [5.74, 6) is 0.142. The molecule has 1 atom stereocenters. The van der Waals surface area contributed by atoms with E-state index in [1.807, 2.05) is 6.92 Å². The van der Waals surface area contributed by atoms with Gasteiger partial charge in [0.2, 0.25) is 5.91 Å². The van der Waals surface area contributed by atoms with Crippen LogP contribution in [-0.2, 0) is 4.79 Å². The van der Waals surface area contributed by atoms with Crippen LogP contribution in [-0.4, -0.2) is 25.0 Å². The van der Waals surface area contributed by atoms with Crippen molar-refractivity contribution in [2.24, 2.45) is 0 Å². The lowest BCUT2D eigenvalue weighted by Crippen LogP contribution is -2.53. The van der Waals surface area contributed by atoms with Crippen LogP contribution in [0.25, 0.3) is 0 Å². The van der Waals surface area contributed by atoms with E-state index in [1.54, 1.807) is 0 Å². The van der Waals surface area contributed by atoms with E-state index in [0.29, 0.717) is 0 Å². The van der Waals surface area contributed by atoms with Gasteiger partial charge >= 0.3 is 0 Å².